The molecule has 11 rings (SSSR count). The normalized spacial score (nSPS) is 11.6. The highest BCUT2D eigenvalue weighted by molar-refractivity contribution is 6.19. The summed E-state index contributed by atoms with van der Waals surface area (Å²) in [6, 6.07) is 70.5. The van der Waals surface area contributed by atoms with Crippen molar-refractivity contribution in [3.63, 3.8) is 0 Å². The van der Waals surface area contributed by atoms with Gasteiger partial charge in [0.25, 0.3) is 0 Å². The molecule has 56 heavy (non-hydrogen) atoms. The maximum Gasteiger partial charge on any atom is 0.238 e. The summed E-state index contributed by atoms with van der Waals surface area (Å²) < 4.78 is 4.66. The van der Waals surface area contributed by atoms with Crippen LogP contribution in [0, 0.1) is 0 Å². The van der Waals surface area contributed by atoms with Crippen molar-refractivity contribution in [2.75, 3.05) is 0 Å². The standard InChI is InChI=1S/C51H33N5/c1-5-17-34(18-6-1)38-29-30-39(35-19-7-2-8-20-35)46(31-38)55-44-27-15-13-25-40(44)42-33-48-43(32-47(42)55)41-26-14-16-28-45(41)56(48)51-53-49(36-21-9-3-10-22-36)52-50(54-51)37-23-11-4-12-24-37/h1-33H. The van der Waals surface area contributed by atoms with Crippen LogP contribution in [0.15, 0.2) is 200 Å². The van der Waals surface area contributed by atoms with Gasteiger partial charge in [0, 0.05) is 38.2 Å². The van der Waals surface area contributed by atoms with Crippen LogP contribution in [0.1, 0.15) is 0 Å². The van der Waals surface area contributed by atoms with E-state index in [1.165, 1.54) is 27.6 Å². The highest BCUT2D eigenvalue weighted by Crippen LogP contribution is 2.42. The van der Waals surface area contributed by atoms with Gasteiger partial charge < -0.3 is 4.57 Å². The molecule has 0 aliphatic heterocycles. The van der Waals surface area contributed by atoms with E-state index in [4.69, 9.17) is 15.0 Å². The molecule has 5 heteroatoms. The first kappa shape index (κ1) is 31.9. The molecule has 3 heterocycles. The predicted molar refractivity (Wildman–Crippen MR) is 230 cm³/mol. The third kappa shape index (κ3) is 5.21. The molecule has 11 aromatic rings. The molecule has 8 aromatic carbocycles. The summed E-state index contributed by atoms with van der Waals surface area (Å²) in [5.74, 6) is 1.84. The number of hydrogen-bond acceptors (Lipinski definition) is 3. The number of nitrogens with zero attached hydrogens (tertiary/aromatic N) is 5. The number of fused-ring (bicyclic) bond motifs is 6. The van der Waals surface area contributed by atoms with E-state index in [1.807, 2.05) is 36.4 Å². The number of rotatable bonds is 6. The van der Waals surface area contributed by atoms with Crippen LogP contribution in [0.2, 0.25) is 0 Å². The van der Waals surface area contributed by atoms with Crippen molar-refractivity contribution in [1.82, 2.24) is 24.1 Å². The zero-order valence-corrected chi connectivity index (χ0v) is 30.3. The minimum absolute atomic E-state index is 0.578. The fraction of sp³-hybridized carbons (Fsp3) is 0. The van der Waals surface area contributed by atoms with E-state index in [0.29, 0.717) is 17.6 Å². The van der Waals surface area contributed by atoms with Crippen molar-refractivity contribution in [3.8, 4) is 56.7 Å². The largest absolute Gasteiger partial charge is 0.309 e. The molecular formula is C51H33N5. The molecular weight excluding hydrogens is 683 g/mol. The predicted octanol–water partition coefficient (Wildman–Crippen LogP) is 12.7. The van der Waals surface area contributed by atoms with Gasteiger partial charge in [0.2, 0.25) is 5.95 Å². The first-order chi connectivity index (χ1) is 27.8. The van der Waals surface area contributed by atoms with E-state index >= 15 is 0 Å². The molecule has 0 radical (unpaired) electrons. The average molecular weight is 716 g/mol. The third-order valence-corrected chi connectivity index (χ3v) is 10.8. The molecule has 0 bridgehead atoms. The van der Waals surface area contributed by atoms with Gasteiger partial charge in [-0.25, -0.2) is 4.98 Å². The summed E-state index contributed by atoms with van der Waals surface area (Å²) in [6.07, 6.45) is 0. The lowest BCUT2D eigenvalue weighted by Gasteiger charge is -2.16. The number of benzene rings is 8. The summed E-state index contributed by atoms with van der Waals surface area (Å²) in [7, 11) is 0. The Balaban J connectivity index is 1.23. The Kier molecular flexibility index (Phi) is 7.42. The van der Waals surface area contributed by atoms with Gasteiger partial charge in [0.15, 0.2) is 11.6 Å². The van der Waals surface area contributed by atoms with Gasteiger partial charge in [-0.05, 0) is 47.0 Å². The molecule has 3 aromatic heterocycles. The smallest absolute Gasteiger partial charge is 0.238 e. The van der Waals surface area contributed by atoms with E-state index in [-0.39, 0.29) is 0 Å². The fourth-order valence-electron chi connectivity index (χ4n) is 8.19. The maximum atomic E-state index is 5.19. The fourth-order valence-corrected chi connectivity index (χ4v) is 8.19. The van der Waals surface area contributed by atoms with E-state index in [1.54, 1.807) is 0 Å². The zero-order chi connectivity index (χ0) is 37.0. The van der Waals surface area contributed by atoms with Gasteiger partial charge in [-0.3, -0.25) is 4.57 Å². The second-order valence-electron chi connectivity index (χ2n) is 14.1. The van der Waals surface area contributed by atoms with Crippen LogP contribution in [-0.2, 0) is 0 Å². The van der Waals surface area contributed by atoms with Gasteiger partial charge in [-0.2, -0.15) is 9.97 Å². The molecule has 262 valence electrons. The van der Waals surface area contributed by atoms with Crippen molar-refractivity contribution >= 4 is 43.6 Å². The molecule has 0 aliphatic carbocycles. The molecule has 0 fully saturated rings. The van der Waals surface area contributed by atoms with Crippen molar-refractivity contribution in [3.05, 3.63) is 200 Å². The molecule has 5 nitrogen and oxygen atoms in total. The molecule has 0 unspecified atom stereocenters. The van der Waals surface area contributed by atoms with Crippen molar-refractivity contribution < 1.29 is 0 Å². The quantitative estimate of drug-likeness (QED) is 0.172. The third-order valence-electron chi connectivity index (χ3n) is 10.8. The van der Waals surface area contributed by atoms with Crippen LogP contribution in [-0.4, -0.2) is 24.1 Å². The summed E-state index contributed by atoms with van der Waals surface area (Å²) in [6.45, 7) is 0. The lowest BCUT2D eigenvalue weighted by atomic mass is 9.98. The van der Waals surface area contributed by atoms with Crippen molar-refractivity contribution in [1.29, 1.82) is 0 Å². The summed E-state index contributed by atoms with van der Waals surface area (Å²) in [5, 5.41) is 4.59. The van der Waals surface area contributed by atoms with Crippen molar-refractivity contribution in [2.24, 2.45) is 0 Å². The molecule has 0 aliphatic rings. The van der Waals surface area contributed by atoms with Gasteiger partial charge in [0.05, 0.1) is 27.8 Å². The summed E-state index contributed by atoms with van der Waals surface area (Å²) in [4.78, 5) is 15.4. The van der Waals surface area contributed by atoms with Gasteiger partial charge in [-0.1, -0.05) is 170 Å². The Morgan fingerprint density at radius 2 is 0.732 bits per heavy atom. The molecule has 0 amide bonds. The van der Waals surface area contributed by atoms with Crippen LogP contribution in [0.25, 0.3) is 100 Å². The topological polar surface area (TPSA) is 48.5 Å². The van der Waals surface area contributed by atoms with Crippen LogP contribution < -0.4 is 0 Å². The highest BCUT2D eigenvalue weighted by Gasteiger charge is 2.22. The van der Waals surface area contributed by atoms with E-state index < -0.39 is 0 Å². The summed E-state index contributed by atoms with van der Waals surface area (Å²) >= 11 is 0. The lowest BCUT2D eigenvalue weighted by Crippen LogP contribution is -2.06. The Morgan fingerprint density at radius 3 is 1.29 bits per heavy atom. The molecule has 0 N–H and O–H groups in total. The second-order valence-corrected chi connectivity index (χ2v) is 14.1. The number of hydrogen-bond donors (Lipinski definition) is 0. The zero-order valence-electron chi connectivity index (χ0n) is 30.3. The van der Waals surface area contributed by atoms with Crippen molar-refractivity contribution in [2.45, 2.75) is 0 Å². The van der Waals surface area contributed by atoms with Gasteiger partial charge in [0.1, 0.15) is 0 Å². The van der Waals surface area contributed by atoms with E-state index in [0.717, 1.165) is 55.0 Å². The molecule has 0 spiro atoms. The second kappa shape index (κ2) is 13.0. The van der Waals surface area contributed by atoms with Crippen LogP contribution in [0.3, 0.4) is 0 Å². The van der Waals surface area contributed by atoms with E-state index in [2.05, 4.69) is 173 Å². The van der Waals surface area contributed by atoms with Crippen LogP contribution in [0.4, 0.5) is 0 Å². The number of para-hydroxylation sites is 2. The first-order valence-corrected chi connectivity index (χ1v) is 18.9. The van der Waals surface area contributed by atoms with Gasteiger partial charge in [-0.15, -0.1) is 0 Å². The molecule has 0 atom stereocenters. The molecule has 0 saturated heterocycles. The lowest BCUT2D eigenvalue weighted by molar-refractivity contribution is 0.954. The van der Waals surface area contributed by atoms with E-state index in [9.17, 15) is 0 Å². The Bertz CT molecular complexity index is 3160. The Morgan fingerprint density at radius 1 is 0.286 bits per heavy atom. The molecule has 0 saturated carbocycles. The Hall–Kier alpha value is -7.63. The first-order valence-electron chi connectivity index (χ1n) is 18.9. The summed E-state index contributed by atoms with van der Waals surface area (Å²) in [5.41, 5.74) is 12.0. The minimum Gasteiger partial charge on any atom is -0.309 e. The minimum atomic E-state index is 0.578. The Labute approximate surface area is 323 Å². The monoisotopic (exact) mass is 715 g/mol. The van der Waals surface area contributed by atoms with Crippen LogP contribution >= 0.6 is 0 Å². The average Bonchev–Trinajstić information content (AvgIpc) is 3.78. The van der Waals surface area contributed by atoms with Gasteiger partial charge >= 0.3 is 0 Å². The van der Waals surface area contributed by atoms with Crippen LogP contribution in [0.5, 0.6) is 0 Å². The SMILES string of the molecule is c1ccc(-c2ccc(-c3ccccc3)c(-n3c4ccccc4c4cc5c(cc43)c3ccccc3n5-c3nc(-c4ccccc4)nc(-c4ccccc4)n3)c2)cc1. The maximum absolute atomic E-state index is 5.19. The number of aromatic nitrogens is 5. The highest BCUT2D eigenvalue weighted by atomic mass is 15.2.